The van der Waals surface area contributed by atoms with Gasteiger partial charge in [-0.05, 0) is 29.7 Å². The van der Waals surface area contributed by atoms with Gasteiger partial charge in [0.2, 0.25) is 0 Å². The molecule has 2 N–H and O–H groups in total. The van der Waals surface area contributed by atoms with Crippen LogP contribution in [0, 0.1) is 0 Å². The van der Waals surface area contributed by atoms with Gasteiger partial charge in [0.15, 0.2) is 5.65 Å². The van der Waals surface area contributed by atoms with Crippen molar-refractivity contribution < 1.29 is 0 Å². The second kappa shape index (κ2) is 4.23. The lowest BCUT2D eigenvalue weighted by molar-refractivity contribution is 0.721. The summed E-state index contributed by atoms with van der Waals surface area (Å²) in [5.74, 6) is 0.979. The number of rotatable bonds is 1. The maximum Gasteiger partial charge on any atom is 0.157 e. The molecule has 20 heavy (non-hydrogen) atoms. The monoisotopic (exact) mass is 265 g/mol. The fraction of sp³-hybridized carbons (Fsp3) is 0.200. The molecule has 5 nitrogen and oxygen atoms in total. The van der Waals surface area contributed by atoms with Crippen LogP contribution >= 0.6 is 0 Å². The summed E-state index contributed by atoms with van der Waals surface area (Å²) in [6, 6.07) is 10.1. The molecule has 0 spiro atoms. The highest BCUT2D eigenvalue weighted by Crippen LogP contribution is 2.27. The molecule has 0 atom stereocenters. The lowest BCUT2D eigenvalue weighted by Crippen LogP contribution is -2.31. The van der Waals surface area contributed by atoms with E-state index in [1.165, 1.54) is 11.1 Å². The van der Waals surface area contributed by atoms with Gasteiger partial charge in [0.25, 0.3) is 0 Å². The number of benzene rings is 1. The molecular weight excluding hydrogens is 250 g/mol. The zero-order valence-electron chi connectivity index (χ0n) is 11.0. The van der Waals surface area contributed by atoms with E-state index >= 15 is 0 Å². The van der Waals surface area contributed by atoms with Gasteiger partial charge in [-0.25, -0.2) is 9.50 Å². The number of nitrogens with two attached hydrogens (primary N) is 1. The Morgan fingerprint density at radius 1 is 1.15 bits per heavy atom. The summed E-state index contributed by atoms with van der Waals surface area (Å²) in [7, 11) is 0. The van der Waals surface area contributed by atoms with E-state index in [4.69, 9.17) is 5.73 Å². The van der Waals surface area contributed by atoms with Crippen molar-refractivity contribution in [3.8, 4) is 0 Å². The molecule has 0 saturated heterocycles. The Balaban J connectivity index is 1.72. The fourth-order valence-corrected chi connectivity index (χ4v) is 2.78. The first kappa shape index (κ1) is 11.3. The topological polar surface area (TPSA) is 59.5 Å². The van der Waals surface area contributed by atoms with E-state index in [1.54, 1.807) is 10.7 Å². The highest BCUT2D eigenvalue weighted by Gasteiger charge is 2.19. The molecule has 100 valence electrons. The van der Waals surface area contributed by atoms with Crippen molar-refractivity contribution in [3.63, 3.8) is 0 Å². The van der Waals surface area contributed by atoms with Crippen molar-refractivity contribution in [3.05, 3.63) is 53.9 Å². The first-order valence-electron chi connectivity index (χ1n) is 6.73. The summed E-state index contributed by atoms with van der Waals surface area (Å²) in [6.45, 7) is 1.78. The number of fused-ring (bicyclic) bond motifs is 2. The molecule has 3 heterocycles. The molecule has 1 aliphatic heterocycles. The Morgan fingerprint density at radius 3 is 3.05 bits per heavy atom. The largest absolute Gasteiger partial charge is 0.398 e. The summed E-state index contributed by atoms with van der Waals surface area (Å²) < 4.78 is 1.77. The Morgan fingerprint density at radius 2 is 2.10 bits per heavy atom. The molecule has 1 aliphatic rings. The maximum atomic E-state index is 6.09. The molecule has 0 amide bonds. The predicted octanol–water partition coefficient (Wildman–Crippen LogP) is 1.87. The second-order valence-electron chi connectivity index (χ2n) is 5.08. The van der Waals surface area contributed by atoms with Gasteiger partial charge in [-0.15, -0.1) is 0 Å². The number of anilines is 2. The van der Waals surface area contributed by atoms with Gasteiger partial charge in [0, 0.05) is 31.0 Å². The van der Waals surface area contributed by atoms with Crippen molar-refractivity contribution in [2.75, 3.05) is 17.2 Å². The van der Waals surface area contributed by atoms with E-state index in [-0.39, 0.29) is 0 Å². The van der Waals surface area contributed by atoms with E-state index in [0.29, 0.717) is 0 Å². The van der Waals surface area contributed by atoms with E-state index < -0.39 is 0 Å². The number of hydrogen-bond donors (Lipinski definition) is 1. The Labute approximate surface area is 116 Å². The van der Waals surface area contributed by atoms with Gasteiger partial charge < -0.3 is 10.6 Å². The zero-order valence-corrected chi connectivity index (χ0v) is 11.0. The van der Waals surface area contributed by atoms with E-state index in [2.05, 4.69) is 21.0 Å². The number of hydrogen-bond acceptors (Lipinski definition) is 4. The quantitative estimate of drug-likeness (QED) is 0.682. The minimum Gasteiger partial charge on any atom is -0.398 e. The first-order valence-corrected chi connectivity index (χ1v) is 6.73. The Kier molecular flexibility index (Phi) is 2.39. The fourth-order valence-electron chi connectivity index (χ4n) is 2.78. The molecule has 0 bridgehead atoms. The third-order valence-corrected chi connectivity index (χ3v) is 3.88. The lowest BCUT2D eigenvalue weighted by atomic mass is 9.98. The third-order valence-electron chi connectivity index (χ3n) is 3.88. The number of nitrogens with zero attached hydrogens (tertiary/aromatic N) is 4. The molecule has 0 saturated carbocycles. The lowest BCUT2D eigenvalue weighted by Gasteiger charge is -2.30. The van der Waals surface area contributed by atoms with Gasteiger partial charge in [-0.2, -0.15) is 5.10 Å². The minimum absolute atomic E-state index is 0.819. The minimum atomic E-state index is 0.819. The molecule has 4 rings (SSSR count). The highest BCUT2D eigenvalue weighted by atomic mass is 15.3. The van der Waals surface area contributed by atoms with Crippen LogP contribution in [0.3, 0.4) is 0 Å². The van der Waals surface area contributed by atoms with Crippen LogP contribution in [0.4, 0.5) is 11.5 Å². The smallest absolute Gasteiger partial charge is 0.157 e. The van der Waals surface area contributed by atoms with E-state index in [0.717, 1.165) is 36.7 Å². The molecular formula is C15H15N5. The average Bonchev–Trinajstić information content (AvgIpc) is 2.95. The molecule has 3 aromatic rings. The van der Waals surface area contributed by atoms with Gasteiger partial charge in [0.05, 0.1) is 6.20 Å². The van der Waals surface area contributed by atoms with Crippen LogP contribution in [0.5, 0.6) is 0 Å². The van der Waals surface area contributed by atoms with Crippen LogP contribution in [-0.4, -0.2) is 21.1 Å². The summed E-state index contributed by atoms with van der Waals surface area (Å²) >= 11 is 0. The predicted molar refractivity (Wildman–Crippen MR) is 78.6 cm³/mol. The van der Waals surface area contributed by atoms with Crippen molar-refractivity contribution >= 4 is 17.2 Å². The van der Waals surface area contributed by atoms with Crippen molar-refractivity contribution in [2.45, 2.75) is 13.0 Å². The maximum absolute atomic E-state index is 6.09. The van der Waals surface area contributed by atoms with Crippen molar-refractivity contribution in [2.24, 2.45) is 0 Å². The Bertz CT molecular complexity index is 777. The molecule has 0 unspecified atom stereocenters. The van der Waals surface area contributed by atoms with Crippen LogP contribution in [0.15, 0.2) is 42.7 Å². The molecule has 5 heteroatoms. The third kappa shape index (κ3) is 1.71. The normalized spacial score (nSPS) is 14.5. The van der Waals surface area contributed by atoms with Crippen LogP contribution < -0.4 is 10.6 Å². The molecule has 1 aromatic carbocycles. The molecule has 0 fully saturated rings. The van der Waals surface area contributed by atoms with Crippen molar-refractivity contribution in [1.82, 2.24) is 14.6 Å². The van der Waals surface area contributed by atoms with Crippen molar-refractivity contribution in [1.29, 1.82) is 0 Å². The standard InChI is InChI=1S/C15H15N5/c16-13-3-1-2-11-5-8-19(10-12(11)13)14-6-9-20-15(18-14)4-7-17-20/h1-4,6-7,9H,5,8,10,16H2. The summed E-state index contributed by atoms with van der Waals surface area (Å²) in [4.78, 5) is 6.92. The van der Waals surface area contributed by atoms with Gasteiger partial charge in [0.1, 0.15) is 5.82 Å². The summed E-state index contributed by atoms with van der Waals surface area (Å²) in [6.07, 6.45) is 4.71. The number of nitrogen functional groups attached to an aromatic ring is 1. The van der Waals surface area contributed by atoms with Gasteiger partial charge >= 0.3 is 0 Å². The van der Waals surface area contributed by atoms with E-state index in [9.17, 15) is 0 Å². The SMILES string of the molecule is Nc1cccc2c1CN(c1ccn3nccc3n1)CC2. The summed E-state index contributed by atoms with van der Waals surface area (Å²) in [5.41, 5.74) is 10.4. The summed E-state index contributed by atoms with van der Waals surface area (Å²) in [5, 5.41) is 4.17. The van der Waals surface area contributed by atoms with Crippen LogP contribution in [0.25, 0.3) is 5.65 Å². The highest BCUT2D eigenvalue weighted by molar-refractivity contribution is 5.56. The molecule has 0 aliphatic carbocycles. The number of aromatic nitrogens is 3. The van der Waals surface area contributed by atoms with Gasteiger partial charge in [-0.3, -0.25) is 0 Å². The molecule has 0 radical (unpaired) electrons. The zero-order chi connectivity index (χ0) is 13.5. The first-order chi connectivity index (χ1) is 9.81. The Hall–Kier alpha value is -2.56. The van der Waals surface area contributed by atoms with Gasteiger partial charge in [-0.1, -0.05) is 12.1 Å². The average molecular weight is 265 g/mol. The van der Waals surface area contributed by atoms with E-state index in [1.807, 2.05) is 30.5 Å². The van der Waals surface area contributed by atoms with Crippen LogP contribution in [-0.2, 0) is 13.0 Å². The van der Waals surface area contributed by atoms with Crippen LogP contribution in [0.2, 0.25) is 0 Å². The van der Waals surface area contributed by atoms with Crippen LogP contribution in [0.1, 0.15) is 11.1 Å². The second-order valence-corrected chi connectivity index (χ2v) is 5.08. The molecule has 2 aromatic heterocycles.